The quantitative estimate of drug-likeness (QED) is 0.831. The van der Waals surface area contributed by atoms with Gasteiger partial charge in [-0.25, -0.2) is 4.79 Å². The molecule has 2 aromatic rings. The lowest BCUT2D eigenvalue weighted by Gasteiger charge is -2.17. The summed E-state index contributed by atoms with van der Waals surface area (Å²) in [5, 5.41) is 6.22. The number of nitrogens with one attached hydrogen (secondary N) is 2. The largest absolute Gasteiger partial charge is 0.495 e. The van der Waals surface area contributed by atoms with E-state index in [1.54, 1.807) is 44.4 Å². The molecule has 0 unspecified atom stereocenters. The molecule has 0 saturated heterocycles. The highest BCUT2D eigenvalue weighted by molar-refractivity contribution is 6.30. The van der Waals surface area contributed by atoms with Crippen molar-refractivity contribution in [3.63, 3.8) is 0 Å². The first-order valence-electron chi connectivity index (χ1n) is 8.04. The van der Waals surface area contributed by atoms with Crippen LogP contribution in [0.15, 0.2) is 42.5 Å². The van der Waals surface area contributed by atoms with Crippen molar-refractivity contribution in [2.45, 2.75) is 13.0 Å². The average molecular weight is 376 g/mol. The smallest absolute Gasteiger partial charge is 0.319 e. The second kappa shape index (κ2) is 8.58. The van der Waals surface area contributed by atoms with Crippen LogP contribution in [0.25, 0.3) is 0 Å². The van der Waals surface area contributed by atoms with Crippen molar-refractivity contribution in [1.29, 1.82) is 0 Å². The Morgan fingerprint density at radius 3 is 2.35 bits per heavy atom. The normalized spacial score (nSPS) is 11.4. The molecule has 0 aromatic heterocycles. The number of nitrogens with zero attached hydrogens (tertiary/aromatic N) is 1. The summed E-state index contributed by atoms with van der Waals surface area (Å²) < 4.78 is 5.26. The molecule has 2 aromatic carbocycles. The molecule has 0 aliphatic rings. The molecule has 0 aliphatic carbocycles. The summed E-state index contributed by atoms with van der Waals surface area (Å²) in [4.78, 5) is 25.9. The Labute approximate surface area is 158 Å². The molecular weight excluding hydrogens is 354 g/mol. The second-order valence-electron chi connectivity index (χ2n) is 5.99. The fourth-order valence-electron chi connectivity index (χ4n) is 2.39. The van der Waals surface area contributed by atoms with E-state index in [2.05, 4.69) is 10.6 Å². The van der Waals surface area contributed by atoms with Crippen LogP contribution in [0.4, 0.5) is 10.5 Å². The van der Waals surface area contributed by atoms with Crippen molar-refractivity contribution in [3.8, 4) is 5.75 Å². The Bertz CT molecular complexity index is 791. The number of urea groups is 1. The first-order valence-corrected chi connectivity index (χ1v) is 8.42. The van der Waals surface area contributed by atoms with E-state index in [9.17, 15) is 9.59 Å². The van der Waals surface area contributed by atoms with Gasteiger partial charge in [0.05, 0.1) is 18.8 Å². The summed E-state index contributed by atoms with van der Waals surface area (Å²) >= 11 is 5.88. The lowest BCUT2D eigenvalue weighted by molar-refractivity contribution is 0.0827. The highest BCUT2D eigenvalue weighted by Gasteiger charge is 2.15. The van der Waals surface area contributed by atoms with Crippen LogP contribution in [0.3, 0.4) is 0 Å². The van der Waals surface area contributed by atoms with Gasteiger partial charge in [0.15, 0.2) is 0 Å². The van der Waals surface area contributed by atoms with E-state index in [0.717, 1.165) is 5.56 Å². The van der Waals surface area contributed by atoms with E-state index < -0.39 is 6.03 Å². The standard InChI is InChI=1S/C19H22ClN3O3/c1-12(13-5-8-15(20)9-6-13)21-19(25)22-16-11-14(18(24)23(2)3)7-10-17(16)26-4/h5-12H,1-4H3,(H2,21,22,25)/t12-/m1/s1. The van der Waals surface area contributed by atoms with E-state index in [4.69, 9.17) is 16.3 Å². The number of anilines is 1. The maximum atomic E-state index is 12.3. The van der Waals surface area contributed by atoms with Crippen LogP contribution in [0.5, 0.6) is 5.75 Å². The maximum Gasteiger partial charge on any atom is 0.319 e. The van der Waals surface area contributed by atoms with E-state index in [1.807, 2.05) is 19.1 Å². The molecule has 0 fully saturated rings. The number of carbonyl (C=O) groups excluding carboxylic acids is 2. The molecule has 0 heterocycles. The van der Waals surface area contributed by atoms with Gasteiger partial charge in [-0.15, -0.1) is 0 Å². The number of methoxy groups -OCH3 is 1. The third-order valence-corrected chi connectivity index (χ3v) is 4.07. The van der Waals surface area contributed by atoms with Crippen LogP contribution < -0.4 is 15.4 Å². The highest BCUT2D eigenvalue weighted by Crippen LogP contribution is 2.26. The fourth-order valence-corrected chi connectivity index (χ4v) is 2.51. The minimum atomic E-state index is -0.403. The second-order valence-corrected chi connectivity index (χ2v) is 6.42. The van der Waals surface area contributed by atoms with Gasteiger partial charge < -0.3 is 20.3 Å². The van der Waals surface area contributed by atoms with Gasteiger partial charge in [0, 0.05) is 24.7 Å². The van der Waals surface area contributed by atoms with Gasteiger partial charge in [-0.2, -0.15) is 0 Å². The summed E-state index contributed by atoms with van der Waals surface area (Å²) in [7, 11) is 4.84. The SMILES string of the molecule is COc1ccc(C(=O)N(C)C)cc1NC(=O)N[C@H](C)c1ccc(Cl)cc1. The Hall–Kier alpha value is -2.73. The van der Waals surface area contributed by atoms with E-state index >= 15 is 0 Å². The number of amides is 3. The molecule has 138 valence electrons. The number of ether oxygens (including phenoxy) is 1. The molecule has 1 atom stereocenters. The Morgan fingerprint density at radius 1 is 1.12 bits per heavy atom. The lowest BCUT2D eigenvalue weighted by atomic mass is 10.1. The van der Waals surface area contributed by atoms with E-state index in [0.29, 0.717) is 22.0 Å². The molecule has 0 aliphatic heterocycles. The molecule has 2 N–H and O–H groups in total. The molecule has 0 spiro atoms. The maximum absolute atomic E-state index is 12.3. The predicted molar refractivity (Wildman–Crippen MR) is 103 cm³/mol. The van der Waals surface area contributed by atoms with Crippen LogP contribution >= 0.6 is 11.6 Å². The summed E-state index contributed by atoms with van der Waals surface area (Å²) in [5.74, 6) is 0.306. The molecular formula is C19H22ClN3O3. The van der Waals surface area contributed by atoms with E-state index in [1.165, 1.54) is 12.0 Å². The number of hydrogen-bond donors (Lipinski definition) is 2. The third kappa shape index (κ3) is 4.89. The van der Waals surface area contributed by atoms with Crippen LogP contribution in [0.2, 0.25) is 5.02 Å². The van der Waals surface area contributed by atoms with Crippen molar-refractivity contribution in [2.75, 3.05) is 26.5 Å². The zero-order chi connectivity index (χ0) is 19.3. The van der Waals surface area contributed by atoms with Crippen molar-refractivity contribution in [2.24, 2.45) is 0 Å². The van der Waals surface area contributed by atoms with Crippen molar-refractivity contribution >= 4 is 29.2 Å². The van der Waals surface area contributed by atoms with Gasteiger partial charge in [0.2, 0.25) is 0 Å². The summed E-state index contributed by atoms with van der Waals surface area (Å²) in [6.07, 6.45) is 0. The van der Waals surface area contributed by atoms with Crippen molar-refractivity contribution in [3.05, 3.63) is 58.6 Å². The third-order valence-electron chi connectivity index (χ3n) is 3.82. The van der Waals surface area contributed by atoms with Gasteiger partial charge in [0.1, 0.15) is 5.75 Å². The topological polar surface area (TPSA) is 70.7 Å². The molecule has 2 rings (SSSR count). The molecule has 6 nitrogen and oxygen atoms in total. The lowest BCUT2D eigenvalue weighted by Crippen LogP contribution is -2.31. The molecule has 26 heavy (non-hydrogen) atoms. The number of hydrogen-bond acceptors (Lipinski definition) is 3. The van der Waals surface area contributed by atoms with Crippen LogP contribution in [-0.2, 0) is 0 Å². The van der Waals surface area contributed by atoms with Gasteiger partial charge >= 0.3 is 6.03 Å². The predicted octanol–water partition coefficient (Wildman–Crippen LogP) is 3.93. The zero-order valence-corrected chi connectivity index (χ0v) is 15.9. The highest BCUT2D eigenvalue weighted by atomic mass is 35.5. The Kier molecular flexibility index (Phi) is 6.46. The number of carbonyl (C=O) groups is 2. The van der Waals surface area contributed by atoms with Crippen molar-refractivity contribution < 1.29 is 14.3 Å². The Balaban J connectivity index is 2.13. The minimum Gasteiger partial charge on any atom is -0.495 e. The summed E-state index contributed by atoms with van der Waals surface area (Å²) in [6, 6.07) is 11.5. The first-order chi connectivity index (χ1) is 12.3. The molecule has 0 bridgehead atoms. The molecule has 0 saturated carbocycles. The molecule has 3 amide bonds. The van der Waals surface area contributed by atoms with Gasteiger partial charge in [-0.3, -0.25) is 4.79 Å². The van der Waals surface area contributed by atoms with Crippen LogP contribution in [-0.4, -0.2) is 38.0 Å². The van der Waals surface area contributed by atoms with Crippen LogP contribution in [0.1, 0.15) is 28.9 Å². The van der Waals surface area contributed by atoms with Gasteiger partial charge in [-0.05, 0) is 42.8 Å². The van der Waals surface area contributed by atoms with Crippen LogP contribution in [0, 0.1) is 0 Å². The fraction of sp³-hybridized carbons (Fsp3) is 0.263. The summed E-state index contributed by atoms with van der Waals surface area (Å²) in [6.45, 7) is 1.87. The van der Waals surface area contributed by atoms with Gasteiger partial charge in [-0.1, -0.05) is 23.7 Å². The molecule has 0 radical (unpaired) electrons. The van der Waals surface area contributed by atoms with E-state index in [-0.39, 0.29) is 11.9 Å². The molecule has 7 heteroatoms. The Morgan fingerprint density at radius 2 is 1.77 bits per heavy atom. The number of halogens is 1. The number of rotatable bonds is 5. The zero-order valence-electron chi connectivity index (χ0n) is 15.2. The monoisotopic (exact) mass is 375 g/mol. The minimum absolute atomic E-state index is 0.161. The first kappa shape index (κ1) is 19.6. The number of benzene rings is 2. The van der Waals surface area contributed by atoms with Crippen molar-refractivity contribution in [1.82, 2.24) is 10.2 Å². The average Bonchev–Trinajstić information content (AvgIpc) is 2.61. The van der Waals surface area contributed by atoms with Gasteiger partial charge in [0.25, 0.3) is 5.91 Å². The summed E-state index contributed by atoms with van der Waals surface area (Å²) in [5.41, 5.74) is 1.80.